The Morgan fingerprint density at radius 3 is 2.50 bits per heavy atom. The van der Waals surface area contributed by atoms with E-state index >= 15 is 0 Å². The molecule has 2 aromatic rings. The fraction of sp³-hybridized carbons (Fsp3) is 0.188. The van der Waals surface area contributed by atoms with Gasteiger partial charge in [0.1, 0.15) is 11.6 Å². The van der Waals surface area contributed by atoms with Crippen LogP contribution >= 0.6 is 0 Å². The van der Waals surface area contributed by atoms with E-state index < -0.39 is 5.82 Å². The summed E-state index contributed by atoms with van der Waals surface area (Å²) in [6, 6.07) is 10.5. The zero-order valence-electron chi connectivity index (χ0n) is 11.4. The summed E-state index contributed by atoms with van der Waals surface area (Å²) in [6.07, 6.45) is 0. The fourth-order valence-electron chi connectivity index (χ4n) is 2.18. The van der Waals surface area contributed by atoms with Gasteiger partial charge in [-0.1, -0.05) is 18.2 Å². The Morgan fingerprint density at radius 2 is 1.85 bits per heavy atom. The maximum Gasteiger partial charge on any atom is 0.161 e. The molecule has 2 aromatic carbocycles. The highest BCUT2D eigenvalue weighted by Crippen LogP contribution is 2.25. The van der Waals surface area contributed by atoms with Gasteiger partial charge in [-0.2, -0.15) is 0 Å². The molecule has 0 aromatic heterocycles. The summed E-state index contributed by atoms with van der Waals surface area (Å²) in [5.41, 5.74) is 1.28. The van der Waals surface area contributed by atoms with Crippen LogP contribution in [0.1, 0.15) is 22.8 Å². The van der Waals surface area contributed by atoms with Gasteiger partial charge < -0.3 is 4.90 Å². The molecule has 0 amide bonds. The second-order valence-electron chi connectivity index (χ2n) is 4.68. The maximum atomic E-state index is 14.0. The molecular formula is C16H15F2NO. The number of hydrogen-bond acceptors (Lipinski definition) is 2. The van der Waals surface area contributed by atoms with Crippen LogP contribution in [0.2, 0.25) is 0 Å². The predicted octanol–water partition coefficient (Wildman–Crippen LogP) is 3.80. The molecule has 0 bridgehead atoms. The highest BCUT2D eigenvalue weighted by molar-refractivity contribution is 5.99. The van der Waals surface area contributed by atoms with E-state index in [9.17, 15) is 13.6 Å². The minimum Gasteiger partial charge on any atom is -0.367 e. The zero-order chi connectivity index (χ0) is 14.7. The number of carbonyl (C=O) groups excluding carboxylic acids is 1. The van der Waals surface area contributed by atoms with E-state index in [1.165, 1.54) is 31.2 Å². The molecule has 0 aliphatic rings. The third-order valence-electron chi connectivity index (χ3n) is 3.06. The standard InChI is InChI=1S/C16H15F2NO/c1-11(20)14-7-4-8-15(18)16(14)19(2)10-12-5-3-6-13(17)9-12/h3-9H,10H2,1-2H3. The molecule has 0 aliphatic carbocycles. The normalized spacial score (nSPS) is 10.4. The Morgan fingerprint density at radius 1 is 1.15 bits per heavy atom. The lowest BCUT2D eigenvalue weighted by Crippen LogP contribution is -2.20. The molecule has 20 heavy (non-hydrogen) atoms. The van der Waals surface area contributed by atoms with Crippen LogP contribution in [0.15, 0.2) is 42.5 Å². The molecule has 0 atom stereocenters. The van der Waals surface area contributed by atoms with Crippen LogP contribution in [0.3, 0.4) is 0 Å². The van der Waals surface area contributed by atoms with Crippen LogP contribution in [0, 0.1) is 11.6 Å². The van der Waals surface area contributed by atoms with Crippen molar-refractivity contribution in [2.24, 2.45) is 0 Å². The first kappa shape index (κ1) is 14.2. The molecule has 0 aliphatic heterocycles. The van der Waals surface area contributed by atoms with Crippen LogP contribution in [-0.2, 0) is 6.54 Å². The SMILES string of the molecule is CC(=O)c1cccc(F)c1N(C)Cc1cccc(F)c1. The van der Waals surface area contributed by atoms with E-state index in [4.69, 9.17) is 0 Å². The van der Waals surface area contributed by atoms with E-state index in [-0.39, 0.29) is 17.3 Å². The monoisotopic (exact) mass is 275 g/mol. The van der Waals surface area contributed by atoms with Gasteiger partial charge in [-0.25, -0.2) is 8.78 Å². The number of ketones is 1. The molecule has 2 nitrogen and oxygen atoms in total. The lowest BCUT2D eigenvalue weighted by atomic mass is 10.1. The maximum absolute atomic E-state index is 14.0. The van der Waals surface area contributed by atoms with Crippen LogP contribution in [0.5, 0.6) is 0 Å². The minimum absolute atomic E-state index is 0.203. The lowest BCUT2D eigenvalue weighted by Gasteiger charge is -2.22. The molecule has 0 saturated heterocycles. The van der Waals surface area contributed by atoms with Gasteiger partial charge in [0.25, 0.3) is 0 Å². The highest BCUT2D eigenvalue weighted by Gasteiger charge is 2.16. The molecule has 0 radical (unpaired) electrons. The summed E-state index contributed by atoms with van der Waals surface area (Å²) < 4.78 is 27.1. The third-order valence-corrected chi connectivity index (χ3v) is 3.06. The van der Waals surface area contributed by atoms with Crippen molar-refractivity contribution >= 4 is 11.5 Å². The highest BCUT2D eigenvalue weighted by atomic mass is 19.1. The van der Waals surface area contributed by atoms with Crippen LogP contribution in [0.4, 0.5) is 14.5 Å². The van der Waals surface area contributed by atoms with Gasteiger partial charge in [-0.3, -0.25) is 4.79 Å². The van der Waals surface area contributed by atoms with Gasteiger partial charge in [-0.05, 0) is 36.8 Å². The number of benzene rings is 2. The second kappa shape index (κ2) is 5.82. The Bertz CT molecular complexity index is 640. The third kappa shape index (κ3) is 3.02. The first-order valence-corrected chi connectivity index (χ1v) is 6.24. The number of Topliss-reactive ketones (excluding diaryl/α,β-unsaturated/α-hetero) is 1. The minimum atomic E-state index is -0.461. The van der Waals surface area contributed by atoms with E-state index in [1.807, 2.05) is 0 Å². The lowest BCUT2D eigenvalue weighted by molar-refractivity contribution is 0.101. The number of nitrogens with zero attached hydrogens (tertiary/aromatic N) is 1. The first-order chi connectivity index (χ1) is 9.49. The van der Waals surface area contributed by atoms with Crippen LogP contribution in [-0.4, -0.2) is 12.8 Å². The van der Waals surface area contributed by atoms with E-state index in [2.05, 4.69) is 0 Å². The van der Waals surface area contributed by atoms with Gasteiger partial charge >= 0.3 is 0 Å². The number of anilines is 1. The smallest absolute Gasteiger partial charge is 0.161 e. The molecule has 0 N–H and O–H groups in total. The van der Waals surface area contributed by atoms with Crippen molar-refractivity contribution in [3.8, 4) is 0 Å². The summed E-state index contributed by atoms with van der Waals surface area (Å²) in [5.74, 6) is -1.00. The van der Waals surface area contributed by atoms with E-state index in [0.29, 0.717) is 17.7 Å². The predicted molar refractivity (Wildman–Crippen MR) is 74.9 cm³/mol. The van der Waals surface area contributed by atoms with Gasteiger partial charge in [-0.15, -0.1) is 0 Å². The van der Waals surface area contributed by atoms with Crippen molar-refractivity contribution in [3.05, 3.63) is 65.2 Å². The molecular weight excluding hydrogens is 260 g/mol. The average molecular weight is 275 g/mol. The van der Waals surface area contributed by atoms with Gasteiger partial charge in [0.2, 0.25) is 0 Å². The van der Waals surface area contributed by atoms with Crippen molar-refractivity contribution in [2.45, 2.75) is 13.5 Å². The van der Waals surface area contributed by atoms with E-state index in [0.717, 1.165) is 0 Å². The van der Waals surface area contributed by atoms with Crippen molar-refractivity contribution in [3.63, 3.8) is 0 Å². The molecule has 0 fully saturated rings. The van der Waals surface area contributed by atoms with Crippen LogP contribution in [0.25, 0.3) is 0 Å². The van der Waals surface area contributed by atoms with Gasteiger partial charge in [0.05, 0.1) is 5.69 Å². The average Bonchev–Trinajstić information content (AvgIpc) is 2.38. The number of carbonyl (C=O) groups is 1. The number of hydrogen-bond donors (Lipinski definition) is 0. The van der Waals surface area contributed by atoms with Crippen molar-refractivity contribution in [1.82, 2.24) is 0 Å². The molecule has 0 unspecified atom stereocenters. The van der Waals surface area contributed by atoms with Crippen molar-refractivity contribution < 1.29 is 13.6 Å². The summed E-state index contributed by atoms with van der Waals surface area (Å²) in [6.45, 7) is 1.72. The fourth-order valence-corrected chi connectivity index (χ4v) is 2.18. The Kier molecular flexibility index (Phi) is 4.13. The van der Waals surface area contributed by atoms with Gasteiger partial charge in [0.15, 0.2) is 5.78 Å². The summed E-state index contributed by atoms with van der Waals surface area (Å²) in [4.78, 5) is 13.2. The largest absolute Gasteiger partial charge is 0.367 e. The Hall–Kier alpha value is -2.23. The quantitative estimate of drug-likeness (QED) is 0.791. The topological polar surface area (TPSA) is 20.3 Å². The molecule has 0 saturated carbocycles. The second-order valence-corrected chi connectivity index (χ2v) is 4.68. The summed E-state index contributed by atoms with van der Waals surface area (Å²) >= 11 is 0. The van der Waals surface area contributed by atoms with Gasteiger partial charge in [0, 0.05) is 19.2 Å². The van der Waals surface area contributed by atoms with Crippen LogP contribution < -0.4 is 4.90 Å². The molecule has 4 heteroatoms. The Labute approximate surface area is 116 Å². The van der Waals surface area contributed by atoms with E-state index in [1.54, 1.807) is 30.1 Å². The number of para-hydroxylation sites is 1. The Balaban J connectivity index is 2.34. The first-order valence-electron chi connectivity index (χ1n) is 6.24. The molecule has 104 valence electrons. The molecule has 2 rings (SSSR count). The summed E-state index contributed by atoms with van der Waals surface area (Å²) in [5, 5.41) is 0. The van der Waals surface area contributed by atoms with Crippen molar-refractivity contribution in [1.29, 1.82) is 0 Å². The molecule has 0 spiro atoms. The summed E-state index contributed by atoms with van der Waals surface area (Å²) in [7, 11) is 1.68. The molecule has 0 heterocycles. The number of halogens is 2. The number of rotatable bonds is 4. The van der Waals surface area contributed by atoms with Crippen molar-refractivity contribution in [2.75, 3.05) is 11.9 Å². The zero-order valence-corrected chi connectivity index (χ0v) is 11.4.